The number of alkyl halides is 1. The summed E-state index contributed by atoms with van der Waals surface area (Å²) in [4.78, 5) is 47.1. The summed E-state index contributed by atoms with van der Waals surface area (Å²) in [6, 6.07) is 0. The van der Waals surface area contributed by atoms with Crippen molar-refractivity contribution in [1.29, 1.82) is 0 Å². The van der Waals surface area contributed by atoms with Gasteiger partial charge in [0.1, 0.15) is 12.0 Å². The highest BCUT2D eigenvalue weighted by molar-refractivity contribution is 6.27. The Bertz CT molecular complexity index is 489. The molecule has 3 amide bonds. The van der Waals surface area contributed by atoms with Crippen LogP contribution in [0.4, 0.5) is 4.79 Å². The third kappa shape index (κ3) is 13.8. The number of nitrogens with one attached hydrogen (secondary N) is 2. The molecule has 0 aliphatic carbocycles. The average Bonchev–Trinajstić information content (AvgIpc) is 2.65. The van der Waals surface area contributed by atoms with E-state index >= 15 is 0 Å². The van der Waals surface area contributed by atoms with Crippen LogP contribution in [0.2, 0.25) is 0 Å². The summed E-state index contributed by atoms with van der Waals surface area (Å²) >= 11 is 5.33. The summed E-state index contributed by atoms with van der Waals surface area (Å²) in [6.45, 7) is 2.69. The van der Waals surface area contributed by atoms with E-state index in [2.05, 4.69) is 15.4 Å². The van der Waals surface area contributed by atoms with Gasteiger partial charge in [-0.1, -0.05) is 0 Å². The van der Waals surface area contributed by atoms with Gasteiger partial charge in [-0.05, 0) is 19.8 Å². The van der Waals surface area contributed by atoms with Crippen molar-refractivity contribution in [2.24, 2.45) is 0 Å². The van der Waals surface area contributed by atoms with Crippen LogP contribution >= 0.6 is 11.6 Å². The summed E-state index contributed by atoms with van der Waals surface area (Å²) < 4.78 is 9.72. The van der Waals surface area contributed by atoms with Gasteiger partial charge in [0.15, 0.2) is 0 Å². The zero-order chi connectivity index (χ0) is 20.7. The van der Waals surface area contributed by atoms with Crippen LogP contribution in [0.3, 0.4) is 0 Å². The minimum atomic E-state index is -0.584. The van der Waals surface area contributed by atoms with Gasteiger partial charge in [0.25, 0.3) is 0 Å². The Balaban J connectivity index is 3.83. The standard InChI is InChI=1S/C17H30ClN3O6/c1-13(27-17(25)20-10-9-19-14(22)12-18)8-11-21(2)15(23)6-4-5-7-16(24)26-3/h13H,4-12H2,1-3H3,(H,19,22)(H,20,25). The van der Waals surface area contributed by atoms with Crippen LogP contribution in [0.5, 0.6) is 0 Å². The molecule has 1 unspecified atom stereocenters. The molecular weight excluding hydrogens is 378 g/mol. The molecule has 27 heavy (non-hydrogen) atoms. The molecular formula is C17H30ClN3O6. The van der Waals surface area contributed by atoms with Gasteiger partial charge in [0, 0.05) is 45.9 Å². The number of methoxy groups -OCH3 is 1. The molecule has 0 spiro atoms. The molecule has 0 aromatic heterocycles. The number of carbonyl (C=O) groups is 4. The number of rotatable bonds is 13. The molecule has 10 heteroatoms. The molecule has 0 aromatic rings. The van der Waals surface area contributed by atoms with Gasteiger partial charge < -0.3 is 25.0 Å². The van der Waals surface area contributed by atoms with E-state index in [1.165, 1.54) is 7.11 Å². The SMILES string of the molecule is COC(=O)CCCCC(=O)N(C)CCC(C)OC(=O)NCCNC(=O)CCl. The second-order valence-corrected chi connectivity index (χ2v) is 6.28. The van der Waals surface area contributed by atoms with Gasteiger partial charge in [-0.15, -0.1) is 11.6 Å². The van der Waals surface area contributed by atoms with Crippen molar-refractivity contribution in [3.8, 4) is 0 Å². The minimum absolute atomic E-state index is 0.0217. The number of carbonyl (C=O) groups excluding carboxylic acids is 4. The summed E-state index contributed by atoms with van der Waals surface area (Å²) in [5, 5.41) is 5.03. The minimum Gasteiger partial charge on any atom is -0.469 e. The molecule has 156 valence electrons. The first-order valence-corrected chi connectivity index (χ1v) is 9.41. The zero-order valence-corrected chi connectivity index (χ0v) is 17.0. The monoisotopic (exact) mass is 407 g/mol. The van der Waals surface area contributed by atoms with Gasteiger partial charge in [-0.3, -0.25) is 14.4 Å². The number of nitrogens with zero attached hydrogens (tertiary/aromatic N) is 1. The van der Waals surface area contributed by atoms with Gasteiger partial charge >= 0.3 is 12.1 Å². The van der Waals surface area contributed by atoms with E-state index in [9.17, 15) is 19.2 Å². The van der Waals surface area contributed by atoms with Crippen molar-refractivity contribution in [3.05, 3.63) is 0 Å². The predicted octanol–water partition coefficient (Wildman–Crippen LogP) is 1.04. The third-order valence-electron chi connectivity index (χ3n) is 3.69. The maximum absolute atomic E-state index is 12.0. The fraction of sp³-hybridized carbons (Fsp3) is 0.765. The molecule has 9 nitrogen and oxygen atoms in total. The maximum Gasteiger partial charge on any atom is 0.407 e. The summed E-state index contributed by atoms with van der Waals surface area (Å²) in [6.07, 6.45) is 1.45. The van der Waals surface area contributed by atoms with Crippen molar-refractivity contribution < 1.29 is 28.7 Å². The lowest BCUT2D eigenvalue weighted by atomic mass is 10.1. The molecule has 0 fully saturated rings. The van der Waals surface area contributed by atoms with Crippen LogP contribution in [0.1, 0.15) is 39.0 Å². The van der Waals surface area contributed by atoms with Crippen LogP contribution < -0.4 is 10.6 Å². The fourth-order valence-corrected chi connectivity index (χ4v) is 2.13. The topological polar surface area (TPSA) is 114 Å². The Morgan fingerprint density at radius 1 is 1.07 bits per heavy atom. The molecule has 0 bridgehead atoms. The third-order valence-corrected chi connectivity index (χ3v) is 3.93. The second kappa shape index (κ2) is 15.1. The van der Waals surface area contributed by atoms with E-state index in [0.717, 1.165) is 0 Å². The second-order valence-electron chi connectivity index (χ2n) is 6.01. The van der Waals surface area contributed by atoms with Crippen molar-refractivity contribution in [3.63, 3.8) is 0 Å². The molecule has 0 saturated carbocycles. The van der Waals surface area contributed by atoms with E-state index in [1.54, 1.807) is 18.9 Å². The Morgan fingerprint density at radius 2 is 1.70 bits per heavy atom. The van der Waals surface area contributed by atoms with Crippen molar-refractivity contribution in [2.45, 2.75) is 45.1 Å². The lowest BCUT2D eigenvalue weighted by molar-refractivity contribution is -0.141. The van der Waals surface area contributed by atoms with E-state index in [1.807, 2.05) is 0 Å². The normalized spacial score (nSPS) is 11.3. The van der Waals surface area contributed by atoms with E-state index in [-0.39, 0.29) is 42.9 Å². The molecule has 0 aromatic carbocycles. The number of unbranched alkanes of at least 4 members (excludes halogenated alkanes) is 1. The first-order valence-electron chi connectivity index (χ1n) is 8.88. The number of ether oxygens (including phenoxy) is 2. The molecule has 0 rings (SSSR count). The maximum atomic E-state index is 12.0. The predicted molar refractivity (Wildman–Crippen MR) is 100 cm³/mol. The number of hydrogen-bond acceptors (Lipinski definition) is 6. The molecule has 2 N–H and O–H groups in total. The molecule has 1 atom stereocenters. The van der Waals surface area contributed by atoms with Gasteiger partial charge in [0.2, 0.25) is 11.8 Å². The Kier molecular flexibility index (Phi) is 13.9. The van der Waals surface area contributed by atoms with Crippen LogP contribution in [-0.4, -0.2) is 74.6 Å². The Morgan fingerprint density at radius 3 is 2.33 bits per heavy atom. The fourth-order valence-electron chi connectivity index (χ4n) is 2.04. The van der Waals surface area contributed by atoms with E-state index < -0.39 is 6.09 Å². The van der Waals surface area contributed by atoms with Crippen LogP contribution in [0.25, 0.3) is 0 Å². The Hall–Kier alpha value is -2.03. The summed E-state index contributed by atoms with van der Waals surface area (Å²) in [7, 11) is 3.03. The first-order chi connectivity index (χ1) is 12.8. The molecule has 0 radical (unpaired) electrons. The smallest absolute Gasteiger partial charge is 0.407 e. The van der Waals surface area contributed by atoms with E-state index in [0.29, 0.717) is 38.6 Å². The summed E-state index contributed by atoms with van der Waals surface area (Å²) in [5.74, 6) is -0.731. The number of hydrogen-bond donors (Lipinski definition) is 2. The number of halogens is 1. The highest BCUT2D eigenvalue weighted by Crippen LogP contribution is 2.05. The summed E-state index contributed by atoms with van der Waals surface area (Å²) in [5.41, 5.74) is 0. The number of alkyl carbamates (subject to hydrolysis) is 1. The Labute approximate surface area is 165 Å². The van der Waals surface area contributed by atoms with Crippen molar-refractivity contribution >= 4 is 35.5 Å². The van der Waals surface area contributed by atoms with Crippen LogP contribution in [0, 0.1) is 0 Å². The average molecular weight is 408 g/mol. The first kappa shape index (κ1) is 25.0. The van der Waals surface area contributed by atoms with Crippen molar-refractivity contribution in [2.75, 3.05) is 39.7 Å². The molecule has 0 heterocycles. The highest BCUT2D eigenvalue weighted by Gasteiger charge is 2.13. The molecule has 0 aliphatic rings. The lowest BCUT2D eigenvalue weighted by Gasteiger charge is -2.20. The van der Waals surface area contributed by atoms with Gasteiger partial charge in [0.05, 0.1) is 7.11 Å². The van der Waals surface area contributed by atoms with Crippen LogP contribution in [-0.2, 0) is 23.9 Å². The zero-order valence-electron chi connectivity index (χ0n) is 16.2. The molecule has 0 saturated heterocycles. The van der Waals surface area contributed by atoms with E-state index in [4.69, 9.17) is 16.3 Å². The largest absolute Gasteiger partial charge is 0.469 e. The van der Waals surface area contributed by atoms with Gasteiger partial charge in [-0.2, -0.15) is 0 Å². The molecule has 0 aliphatic heterocycles. The highest BCUT2D eigenvalue weighted by atomic mass is 35.5. The number of esters is 1. The quantitative estimate of drug-likeness (QED) is 0.268. The van der Waals surface area contributed by atoms with Gasteiger partial charge in [-0.25, -0.2) is 4.79 Å². The van der Waals surface area contributed by atoms with Crippen molar-refractivity contribution in [1.82, 2.24) is 15.5 Å². The lowest BCUT2D eigenvalue weighted by Crippen LogP contribution is -2.37. The van der Waals surface area contributed by atoms with Crippen LogP contribution in [0.15, 0.2) is 0 Å². The number of amides is 3.